The van der Waals surface area contributed by atoms with Crippen molar-refractivity contribution in [1.29, 1.82) is 0 Å². The molecule has 0 saturated carbocycles. The van der Waals surface area contributed by atoms with Gasteiger partial charge in [-0.1, -0.05) is 36.4 Å². The summed E-state index contributed by atoms with van der Waals surface area (Å²) in [4.78, 5) is 14.7. The molecule has 0 aliphatic carbocycles. The zero-order valence-corrected chi connectivity index (χ0v) is 18.6. The van der Waals surface area contributed by atoms with Gasteiger partial charge in [-0.15, -0.1) is 0 Å². The fourth-order valence-corrected chi connectivity index (χ4v) is 5.73. The number of nitrogens with zero attached hydrogens (tertiary/aromatic N) is 1. The Morgan fingerprint density at radius 2 is 1.28 bits per heavy atom. The Labute approximate surface area is 175 Å². The molecule has 2 amide bonds. The summed E-state index contributed by atoms with van der Waals surface area (Å²) in [7, 11) is -2.69. The smallest absolute Gasteiger partial charge is 0.374 e. The van der Waals surface area contributed by atoms with Gasteiger partial charge in [0.2, 0.25) is 0 Å². The Hall–Kier alpha value is -2.19. The number of carbonyl (C=O) groups is 1. The predicted octanol–water partition coefficient (Wildman–Crippen LogP) is 4.97. The van der Waals surface area contributed by atoms with Gasteiger partial charge in [-0.25, -0.2) is 4.79 Å². The summed E-state index contributed by atoms with van der Waals surface area (Å²) >= 11 is 0. The van der Waals surface area contributed by atoms with E-state index in [0.29, 0.717) is 32.4 Å². The number of amides is 2. The lowest BCUT2D eigenvalue weighted by atomic mass is 10.2. The molecule has 0 saturated heterocycles. The van der Waals surface area contributed by atoms with Crippen molar-refractivity contribution in [1.82, 2.24) is 5.32 Å². The van der Waals surface area contributed by atoms with E-state index in [1.165, 1.54) is 0 Å². The summed E-state index contributed by atoms with van der Waals surface area (Å²) in [6.07, 6.45) is 0.718. The van der Waals surface area contributed by atoms with Crippen LogP contribution in [0.3, 0.4) is 0 Å². The van der Waals surface area contributed by atoms with E-state index in [0.717, 1.165) is 17.8 Å². The Bertz CT molecular complexity index is 659. The topological polar surface area (TPSA) is 60.0 Å². The number of hydrogen-bond acceptors (Lipinski definition) is 4. The lowest BCUT2D eigenvalue weighted by Gasteiger charge is -2.28. The molecule has 1 N–H and O–H groups in total. The summed E-state index contributed by atoms with van der Waals surface area (Å²) in [5, 5.41) is 3.02. The number of carbonyl (C=O) groups excluding carboxylic acids is 1. The number of para-hydroxylation sites is 2. The van der Waals surface area contributed by atoms with Crippen molar-refractivity contribution in [3.05, 3.63) is 60.7 Å². The molecule has 0 bridgehead atoms. The van der Waals surface area contributed by atoms with Gasteiger partial charge in [0.25, 0.3) is 0 Å². The maximum atomic E-state index is 13.0. The molecule has 158 valence electrons. The Kier molecular flexibility index (Phi) is 9.86. The average Bonchev–Trinajstić information content (AvgIpc) is 2.74. The molecule has 0 atom stereocenters. The molecule has 0 radical (unpaired) electrons. The first kappa shape index (κ1) is 23.1. The zero-order valence-electron chi connectivity index (χ0n) is 17.6. The van der Waals surface area contributed by atoms with Crippen molar-refractivity contribution in [2.75, 3.05) is 31.3 Å². The molecule has 2 rings (SSSR count). The maximum Gasteiger partial charge on any atom is 0.500 e. The first-order valence-corrected chi connectivity index (χ1v) is 12.2. The fourth-order valence-electron chi connectivity index (χ4n) is 3.12. The minimum Gasteiger partial charge on any atom is -0.374 e. The van der Waals surface area contributed by atoms with Gasteiger partial charge in [0.1, 0.15) is 0 Å². The molecular formula is C22H32N2O4Si. The minimum atomic E-state index is -2.69. The van der Waals surface area contributed by atoms with Crippen LogP contribution in [0.15, 0.2) is 60.7 Å². The molecule has 0 aliphatic heterocycles. The van der Waals surface area contributed by atoms with Crippen LogP contribution in [0.5, 0.6) is 0 Å². The van der Waals surface area contributed by atoms with Gasteiger partial charge in [0.05, 0.1) is 11.4 Å². The third-order valence-electron chi connectivity index (χ3n) is 4.26. The molecule has 2 aromatic rings. The molecule has 2 aromatic carbocycles. The van der Waals surface area contributed by atoms with Gasteiger partial charge in [-0.05, 0) is 51.5 Å². The number of urea groups is 1. The zero-order chi connectivity index (χ0) is 21.0. The summed E-state index contributed by atoms with van der Waals surface area (Å²) in [6.45, 7) is 7.99. The van der Waals surface area contributed by atoms with Crippen LogP contribution in [-0.4, -0.2) is 41.2 Å². The first-order chi connectivity index (χ1) is 14.2. The van der Waals surface area contributed by atoms with Crippen LogP contribution in [0.25, 0.3) is 0 Å². The standard InChI is InChI=1S/C22H32N2O4Si/c1-4-26-29(27-5-2,28-6-3)19-13-18-23-22(25)24(20-14-9-7-10-15-20)21-16-11-8-12-17-21/h7-12,14-17H,4-6,13,18-19H2,1-3H3,(H,23,25). The van der Waals surface area contributed by atoms with Gasteiger partial charge in [-0.3, -0.25) is 4.90 Å². The van der Waals surface area contributed by atoms with Crippen LogP contribution in [0, 0.1) is 0 Å². The number of rotatable bonds is 12. The Morgan fingerprint density at radius 1 is 0.828 bits per heavy atom. The second-order valence-electron chi connectivity index (χ2n) is 6.32. The highest BCUT2D eigenvalue weighted by molar-refractivity contribution is 6.60. The number of nitrogens with one attached hydrogen (secondary N) is 1. The van der Waals surface area contributed by atoms with Crippen LogP contribution in [0.1, 0.15) is 27.2 Å². The quantitative estimate of drug-likeness (QED) is 0.392. The van der Waals surface area contributed by atoms with Crippen LogP contribution in [0.2, 0.25) is 6.04 Å². The van der Waals surface area contributed by atoms with E-state index in [1.54, 1.807) is 4.90 Å². The maximum absolute atomic E-state index is 13.0. The van der Waals surface area contributed by atoms with E-state index < -0.39 is 8.80 Å². The van der Waals surface area contributed by atoms with Crippen molar-refractivity contribution < 1.29 is 18.1 Å². The summed E-state index contributed by atoms with van der Waals surface area (Å²) < 4.78 is 17.6. The van der Waals surface area contributed by atoms with Gasteiger partial charge >= 0.3 is 14.8 Å². The Morgan fingerprint density at radius 3 is 1.69 bits per heavy atom. The Balaban J connectivity index is 2.01. The highest BCUT2D eigenvalue weighted by Gasteiger charge is 2.39. The monoisotopic (exact) mass is 416 g/mol. The van der Waals surface area contributed by atoms with Gasteiger partial charge in [-0.2, -0.15) is 0 Å². The van der Waals surface area contributed by atoms with E-state index in [1.807, 2.05) is 81.4 Å². The van der Waals surface area contributed by atoms with E-state index >= 15 is 0 Å². The number of benzene rings is 2. The number of hydrogen-bond donors (Lipinski definition) is 1. The van der Waals surface area contributed by atoms with Crippen LogP contribution in [0.4, 0.5) is 16.2 Å². The third-order valence-corrected chi connectivity index (χ3v) is 7.41. The second-order valence-corrected chi connectivity index (χ2v) is 9.06. The molecule has 0 aromatic heterocycles. The van der Waals surface area contributed by atoms with Crippen molar-refractivity contribution in [3.8, 4) is 0 Å². The predicted molar refractivity (Wildman–Crippen MR) is 118 cm³/mol. The van der Waals surface area contributed by atoms with Gasteiger partial charge < -0.3 is 18.6 Å². The molecule has 29 heavy (non-hydrogen) atoms. The molecule has 0 aliphatic rings. The van der Waals surface area contributed by atoms with Gasteiger partial charge in [0.15, 0.2) is 0 Å². The lowest BCUT2D eigenvalue weighted by molar-refractivity contribution is 0.0708. The van der Waals surface area contributed by atoms with Crippen LogP contribution in [-0.2, 0) is 13.3 Å². The van der Waals surface area contributed by atoms with Crippen molar-refractivity contribution in [2.24, 2.45) is 0 Å². The molecule has 0 unspecified atom stereocenters. The van der Waals surface area contributed by atoms with E-state index in [4.69, 9.17) is 13.3 Å². The van der Waals surface area contributed by atoms with E-state index in [-0.39, 0.29) is 6.03 Å². The summed E-state index contributed by atoms with van der Waals surface area (Å²) in [5.74, 6) is 0. The van der Waals surface area contributed by atoms with Crippen molar-refractivity contribution in [3.63, 3.8) is 0 Å². The molecule has 0 spiro atoms. The van der Waals surface area contributed by atoms with Crippen molar-refractivity contribution in [2.45, 2.75) is 33.2 Å². The van der Waals surface area contributed by atoms with Crippen molar-refractivity contribution >= 4 is 26.2 Å². The molecular weight excluding hydrogens is 384 g/mol. The highest BCUT2D eigenvalue weighted by Crippen LogP contribution is 2.25. The molecule has 7 heteroatoms. The van der Waals surface area contributed by atoms with Crippen LogP contribution >= 0.6 is 0 Å². The number of anilines is 2. The van der Waals surface area contributed by atoms with E-state index in [2.05, 4.69) is 5.32 Å². The van der Waals surface area contributed by atoms with Crippen LogP contribution < -0.4 is 10.2 Å². The second kappa shape index (κ2) is 12.4. The average molecular weight is 417 g/mol. The molecule has 6 nitrogen and oxygen atoms in total. The molecule has 0 heterocycles. The highest BCUT2D eigenvalue weighted by atomic mass is 28.4. The third kappa shape index (κ3) is 6.97. The normalized spacial score (nSPS) is 11.3. The molecule has 0 fully saturated rings. The minimum absolute atomic E-state index is 0.168. The lowest BCUT2D eigenvalue weighted by Crippen LogP contribution is -2.46. The van der Waals surface area contributed by atoms with E-state index in [9.17, 15) is 4.79 Å². The first-order valence-electron chi connectivity index (χ1n) is 10.3. The fraction of sp³-hybridized carbons (Fsp3) is 0.409. The van der Waals surface area contributed by atoms with Gasteiger partial charge in [0, 0.05) is 32.4 Å². The summed E-state index contributed by atoms with van der Waals surface area (Å²) in [5.41, 5.74) is 1.63. The summed E-state index contributed by atoms with van der Waals surface area (Å²) in [6, 6.07) is 19.7. The SMILES string of the molecule is CCO[Si](CCCNC(=O)N(c1ccccc1)c1ccccc1)(OCC)OCC. The largest absolute Gasteiger partial charge is 0.500 e.